The fourth-order valence-corrected chi connectivity index (χ4v) is 0.795. The summed E-state index contributed by atoms with van der Waals surface area (Å²) in [6, 6.07) is 0. The summed E-state index contributed by atoms with van der Waals surface area (Å²) >= 11 is 0. The third kappa shape index (κ3) is 2.28. The highest BCUT2D eigenvalue weighted by atomic mass is 16.3. The van der Waals surface area contributed by atoms with Crippen molar-refractivity contribution in [3.63, 3.8) is 0 Å². The van der Waals surface area contributed by atoms with Gasteiger partial charge in [0.2, 0.25) is 0 Å². The molecule has 0 amide bonds. The number of aliphatic hydroxyl groups is 1. The van der Waals surface area contributed by atoms with Gasteiger partial charge in [0.25, 0.3) is 0 Å². The Kier molecular flexibility index (Phi) is 3.00. The fraction of sp³-hybridized carbons (Fsp3) is 0.667. The van der Waals surface area contributed by atoms with Crippen molar-refractivity contribution in [2.45, 2.75) is 12.8 Å². The summed E-state index contributed by atoms with van der Waals surface area (Å²) < 4.78 is 0. The zero-order valence-electron chi connectivity index (χ0n) is 6.25. The van der Waals surface area contributed by atoms with E-state index in [9.17, 15) is 0 Å². The summed E-state index contributed by atoms with van der Waals surface area (Å²) in [5, 5.41) is 15.2. The van der Waals surface area contributed by atoms with Crippen molar-refractivity contribution in [2.75, 3.05) is 13.2 Å². The van der Waals surface area contributed by atoms with Gasteiger partial charge in [-0.2, -0.15) is 5.10 Å². The van der Waals surface area contributed by atoms with Crippen molar-refractivity contribution in [3.05, 3.63) is 11.6 Å². The first kappa shape index (κ1) is 8.16. The van der Waals surface area contributed by atoms with Crippen LogP contribution in [0.3, 0.4) is 0 Å². The van der Waals surface area contributed by atoms with Gasteiger partial charge in [0.05, 0.1) is 6.61 Å². The average Bonchev–Trinajstić information content (AvgIpc) is 2.38. The molecule has 11 heavy (non-hydrogen) atoms. The summed E-state index contributed by atoms with van der Waals surface area (Å²) in [5.74, 6) is 1.44. The molecule has 0 aliphatic carbocycles. The van der Waals surface area contributed by atoms with Crippen molar-refractivity contribution < 1.29 is 5.11 Å². The van der Waals surface area contributed by atoms with Crippen molar-refractivity contribution in [2.24, 2.45) is 5.73 Å². The van der Waals surface area contributed by atoms with Gasteiger partial charge < -0.3 is 10.8 Å². The van der Waals surface area contributed by atoms with Gasteiger partial charge in [0.1, 0.15) is 5.82 Å². The molecule has 4 N–H and O–H groups in total. The van der Waals surface area contributed by atoms with Crippen LogP contribution in [0.4, 0.5) is 0 Å². The minimum Gasteiger partial charge on any atom is -0.396 e. The second-order valence-corrected chi connectivity index (χ2v) is 2.21. The van der Waals surface area contributed by atoms with Crippen molar-refractivity contribution in [3.8, 4) is 0 Å². The van der Waals surface area contributed by atoms with Crippen LogP contribution in [0.2, 0.25) is 0 Å². The molecule has 62 valence electrons. The molecule has 1 rings (SSSR count). The number of nitrogens with one attached hydrogen (secondary N) is 1. The van der Waals surface area contributed by atoms with Crippen molar-refractivity contribution in [1.29, 1.82) is 0 Å². The quantitative estimate of drug-likeness (QED) is 0.513. The van der Waals surface area contributed by atoms with Gasteiger partial charge in [-0.05, 0) is 6.54 Å². The highest BCUT2D eigenvalue weighted by Crippen LogP contribution is 1.92. The van der Waals surface area contributed by atoms with Gasteiger partial charge in [-0.1, -0.05) is 0 Å². The molecule has 1 aromatic rings. The van der Waals surface area contributed by atoms with E-state index in [0.717, 1.165) is 5.82 Å². The molecule has 0 spiro atoms. The second kappa shape index (κ2) is 4.05. The van der Waals surface area contributed by atoms with Gasteiger partial charge in [-0.3, -0.25) is 5.10 Å². The molecule has 1 heterocycles. The molecule has 0 aliphatic rings. The maximum absolute atomic E-state index is 8.54. The SMILES string of the molecule is NCCc1nc(CCO)n[nH]1. The number of rotatable bonds is 4. The predicted octanol–water partition coefficient (Wildman–Crippen LogP) is -1.16. The Balaban J connectivity index is 2.51. The van der Waals surface area contributed by atoms with E-state index in [2.05, 4.69) is 15.2 Å². The molecule has 0 radical (unpaired) electrons. The molecule has 0 unspecified atom stereocenters. The number of aromatic nitrogens is 3. The summed E-state index contributed by atoms with van der Waals surface area (Å²) in [4.78, 5) is 4.08. The van der Waals surface area contributed by atoms with Gasteiger partial charge in [-0.25, -0.2) is 4.98 Å². The minimum atomic E-state index is 0.0833. The fourth-order valence-electron chi connectivity index (χ4n) is 0.795. The Labute approximate surface area is 64.6 Å². The normalized spacial score (nSPS) is 10.4. The maximum atomic E-state index is 8.54. The van der Waals surface area contributed by atoms with Crippen LogP contribution >= 0.6 is 0 Å². The lowest BCUT2D eigenvalue weighted by Crippen LogP contribution is -2.04. The van der Waals surface area contributed by atoms with Crippen LogP contribution in [0.15, 0.2) is 0 Å². The lowest BCUT2D eigenvalue weighted by Gasteiger charge is -1.87. The van der Waals surface area contributed by atoms with Crippen LogP contribution in [0.25, 0.3) is 0 Å². The van der Waals surface area contributed by atoms with E-state index in [-0.39, 0.29) is 6.61 Å². The molecule has 0 atom stereocenters. The van der Waals surface area contributed by atoms with E-state index in [4.69, 9.17) is 10.8 Å². The monoisotopic (exact) mass is 156 g/mol. The van der Waals surface area contributed by atoms with E-state index in [1.54, 1.807) is 0 Å². The Bertz CT molecular complexity index is 190. The van der Waals surface area contributed by atoms with Gasteiger partial charge in [0, 0.05) is 12.8 Å². The first-order chi connectivity index (χ1) is 5.36. The Hall–Kier alpha value is -0.940. The largest absolute Gasteiger partial charge is 0.396 e. The Morgan fingerprint density at radius 2 is 2.27 bits per heavy atom. The number of hydrogen-bond acceptors (Lipinski definition) is 4. The molecule has 5 nitrogen and oxygen atoms in total. The van der Waals surface area contributed by atoms with Crippen LogP contribution in [0.1, 0.15) is 11.6 Å². The molecule has 5 heteroatoms. The van der Waals surface area contributed by atoms with Crippen LogP contribution < -0.4 is 5.73 Å². The van der Waals surface area contributed by atoms with E-state index < -0.39 is 0 Å². The highest BCUT2D eigenvalue weighted by molar-refractivity contribution is 4.90. The number of aromatic amines is 1. The first-order valence-electron chi connectivity index (χ1n) is 3.58. The molecule has 1 aromatic heterocycles. The topological polar surface area (TPSA) is 87.8 Å². The number of aliphatic hydroxyl groups excluding tert-OH is 1. The van der Waals surface area contributed by atoms with Gasteiger partial charge in [-0.15, -0.1) is 0 Å². The van der Waals surface area contributed by atoms with Crippen LogP contribution in [-0.2, 0) is 12.8 Å². The van der Waals surface area contributed by atoms with Gasteiger partial charge >= 0.3 is 0 Å². The summed E-state index contributed by atoms with van der Waals surface area (Å²) in [6.45, 7) is 0.647. The predicted molar refractivity (Wildman–Crippen MR) is 39.9 cm³/mol. The van der Waals surface area contributed by atoms with Crippen LogP contribution in [-0.4, -0.2) is 33.4 Å². The highest BCUT2D eigenvalue weighted by Gasteiger charge is 1.99. The molecule has 0 aromatic carbocycles. The maximum Gasteiger partial charge on any atom is 0.152 e. The molecule has 0 saturated carbocycles. The Morgan fingerprint density at radius 3 is 2.91 bits per heavy atom. The first-order valence-corrected chi connectivity index (χ1v) is 3.58. The van der Waals surface area contributed by atoms with E-state index in [0.29, 0.717) is 25.2 Å². The standard InChI is InChI=1S/C6H12N4O/c7-3-1-5-8-6(2-4-11)10-9-5/h11H,1-4,7H2,(H,8,9,10). The van der Waals surface area contributed by atoms with Gasteiger partial charge in [0.15, 0.2) is 5.82 Å². The molecular weight excluding hydrogens is 144 g/mol. The third-order valence-corrected chi connectivity index (χ3v) is 1.29. The average molecular weight is 156 g/mol. The summed E-state index contributed by atoms with van der Waals surface area (Å²) in [6.07, 6.45) is 1.21. The Morgan fingerprint density at radius 1 is 1.45 bits per heavy atom. The van der Waals surface area contributed by atoms with Crippen molar-refractivity contribution in [1.82, 2.24) is 15.2 Å². The number of H-pyrrole nitrogens is 1. The lowest BCUT2D eigenvalue weighted by atomic mass is 10.4. The number of hydrogen-bond donors (Lipinski definition) is 3. The number of nitrogens with two attached hydrogens (primary N) is 1. The molecule has 0 bridgehead atoms. The summed E-state index contributed by atoms with van der Waals surface area (Å²) in [5.41, 5.74) is 5.31. The zero-order chi connectivity index (χ0) is 8.10. The van der Waals surface area contributed by atoms with Crippen molar-refractivity contribution >= 4 is 0 Å². The smallest absolute Gasteiger partial charge is 0.152 e. The zero-order valence-corrected chi connectivity index (χ0v) is 6.25. The van der Waals surface area contributed by atoms with Crippen LogP contribution in [0.5, 0.6) is 0 Å². The van der Waals surface area contributed by atoms with Crippen LogP contribution in [0, 0.1) is 0 Å². The third-order valence-electron chi connectivity index (χ3n) is 1.29. The molecular formula is C6H12N4O. The minimum absolute atomic E-state index is 0.0833. The number of nitrogens with zero attached hydrogens (tertiary/aromatic N) is 2. The van der Waals surface area contributed by atoms with E-state index in [1.807, 2.05) is 0 Å². The molecule has 0 saturated heterocycles. The second-order valence-electron chi connectivity index (χ2n) is 2.21. The van der Waals surface area contributed by atoms with E-state index in [1.165, 1.54) is 0 Å². The van der Waals surface area contributed by atoms with E-state index >= 15 is 0 Å². The molecule has 0 fully saturated rings. The lowest BCUT2D eigenvalue weighted by molar-refractivity contribution is 0.296. The molecule has 0 aliphatic heterocycles. The summed E-state index contributed by atoms with van der Waals surface area (Å²) in [7, 11) is 0.